The first-order chi connectivity index (χ1) is 14.9. The number of anilines is 1. The number of ether oxygens (including phenoxy) is 1. The third kappa shape index (κ3) is 6.10. The summed E-state index contributed by atoms with van der Waals surface area (Å²) in [5.41, 5.74) is 3.44. The van der Waals surface area contributed by atoms with Crippen LogP contribution in [0, 0.1) is 14.9 Å². The Morgan fingerprint density at radius 1 is 1.23 bits per heavy atom. The Hall–Kier alpha value is -2.34. The zero-order valence-corrected chi connectivity index (χ0v) is 21.0. The number of hydrogen-bond donors (Lipinski definition) is 1. The van der Waals surface area contributed by atoms with Crippen molar-refractivity contribution in [2.45, 2.75) is 6.42 Å². The Morgan fingerprint density at radius 3 is 2.58 bits per heavy atom. The molecule has 4 nitrogen and oxygen atoms in total. The molecule has 0 bridgehead atoms. The summed E-state index contributed by atoms with van der Waals surface area (Å²) in [6.07, 6.45) is 2.24. The molecule has 3 aromatic rings. The van der Waals surface area contributed by atoms with E-state index in [1.54, 1.807) is 37.5 Å². The van der Waals surface area contributed by atoms with Gasteiger partial charge in [0.05, 0.1) is 7.11 Å². The lowest BCUT2D eigenvalue weighted by molar-refractivity contribution is -0.112. The number of nitrogens with zero attached hydrogens (tertiary/aromatic N) is 1. The molecule has 0 aromatic heterocycles. The van der Waals surface area contributed by atoms with Crippen molar-refractivity contribution in [3.63, 3.8) is 0 Å². The highest BCUT2D eigenvalue weighted by Gasteiger charge is 2.14. The maximum Gasteiger partial charge on any atom is 0.266 e. The second-order valence-corrected chi connectivity index (χ2v) is 9.04. The van der Waals surface area contributed by atoms with Crippen molar-refractivity contribution in [1.29, 1.82) is 5.26 Å². The van der Waals surface area contributed by atoms with Crippen molar-refractivity contribution < 1.29 is 9.53 Å². The van der Waals surface area contributed by atoms with Gasteiger partial charge in [0.1, 0.15) is 17.4 Å². The van der Waals surface area contributed by atoms with Gasteiger partial charge in [-0.25, -0.2) is 0 Å². The molecule has 0 aliphatic carbocycles. The molecule has 3 rings (SSSR count). The molecule has 0 aliphatic heterocycles. The van der Waals surface area contributed by atoms with Crippen LogP contribution in [-0.4, -0.2) is 13.0 Å². The number of nitriles is 1. The lowest BCUT2D eigenvalue weighted by Gasteiger charge is -2.13. The Morgan fingerprint density at radius 2 is 1.94 bits per heavy atom. The van der Waals surface area contributed by atoms with Gasteiger partial charge in [0.2, 0.25) is 0 Å². The first kappa shape index (κ1) is 23.3. The van der Waals surface area contributed by atoms with Crippen LogP contribution in [0.1, 0.15) is 16.7 Å². The van der Waals surface area contributed by atoms with Gasteiger partial charge in [0.25, 0.3) is 5.91 Å². The predicted molar refractivity (Wildman–Crippen MR) is 136 cm³/mol. The molecule has 0 fully saturated rings. The molecule has 0 radical (unpaired) electrons. The summed E-state index contributed by atoms with van der Waals surface area (Å²) in [4.78, 5) is 12.5. The number of halogens is 3. The van der Waals surface area contributed by atoms with Crippen LogP contribution in [0.25, 0.3) is 6.08 Å². The second-order valence-electron chi connectivity index (χ2n) is 6.58. The zero-order valence-electron chi connectivity index (χ0n) is 16.5. The number of hydrogen-bond acceptors (Lipinski definition) is 3. The molecular formula is C24H17BrClIN2O2. The predicted octanol–water partition coefficient (Wildman–Crippen LogP) is 6.85. The molecule has 0 atom stereocenters. The van der Waals surface area contributed by atoms with Crippen molar-refractivity contribution in [2.24, 2.45) is 0 Å². The van der Waals surface area contributed by atoms with Crippen LogP contribution in [0.3, 0.4) is 0 Å². The fourth-order valence-electron chi connectivity index (χ4n) is 2.95. The fourth-order valence-corrected chi connectivity index (χ4v) is 4.31. The van der Waals surface area contributed by atoms with E-state index in [-0.39, 0.29) is 5.57 Å². The van der Waals surface area contributed by atoms with Crippen LogP contribution in [0.4, 0.5) is 5.69 Å². The highest BCUT2D eigenvalue weighted by molar-refractivity contribution is 14.1. The van der Waals surface area contributed by atoms with Gasteiger partial charge in [-0.2, -0.15) is 5.26 Å². The molecule has 0 heterocycles. The number of carbonyl (C=O) groups is 1. The molecule has 0 unspecified atom stereocenters. The maximum absolute atomic E-state index is 12.5. The Labute approximate surface area is 208 Å². The number of nitrogens with one attached hydrogen (secondary N) is 1. The monoisotopic (exact) mass is 606 g/mol. The Bertz CT molecular complexity index is 1190. The van der Waals surface area contributed by atoms with E-state index in [9.17, 15) is 10.1 Å². The van der Waals surface area contributed by atoms with Crippen LogP contribution in [0.2, 0.25) is 5.02 Å². The van der Waals surface area contributed by atoms with E-state index in [4.69, 9.17) is 16.3 Å². The summed E-state index contributed by atoms with van der Waals surface area (Å²) in [5.74, 6) is 0.209. The zero-order chi connectivity index (χ0) is 22.4. The topological polar surface area (TPSA) is 62.1 Å². The summed E-state index contributed by atoms with van der Waals surface area (Å²) in [5, 5.41) is 12.8. The Balaban J connectivity index is 1.89. The van der Waals surface area contributed by atoms with Gasteiger partial charge >= 0.3 is 0 Å². The molecule has 0 spiro atoms. The van der Waals surface area contributed by atoms with Crippen molar-refractivity contribution in [3.8, 4) is 11.8 Å². The van der Waals surface area contributed by atoms with E-state index in [0.717, 1.165) is 19.2 Å². The highest BCUT2D eigenvalue weighted by atomic mass is 127. The van der Waals surface area contributed by atoms with Gasteiger partial charge in [-0.3, -0.25) is 4.79 Å². The minimum absolute atomic E-state index is 0.00800. The van der Waals surface area contributed by atoms with Crippen molar-refractivity contribution in [3.05, 3.63) is 96.0 Å². The van der Waals surface area contributed by atoms with Crippen LogP contribution in [0.15, 0.2) is 70.7 Å². The van der Waals surface area contributed by atoms with Crippen LogP contribution >= 0.6 is 50.1 Å². The SMILES string of the molecule is COc1cc(/C=C(\C#N)C(=O)Nc2ccc(Cl)cc2)cc(I)c1Cc1ccccc1Br. The first-order valence-corrected chi connectivity index (χ1v) is 11.4. The first-order valence-electron chi connectivity index (χ1n) is 9.19. The number of amides is 1. The summed E-state index contributed by atoms with van der Waals surface area (Å²) < 4.78 is 7.63. The summed E-state index contributed by atoms with van der Waals surface area (Å²) in [6, 6.07) is 20.5. The van der Waals surface area contributed by atoms with Crippen LogP contribution < -0.4 is 10.1 Å². The molecule has 7 heteroatoms. The fraction of sp³-hybridized carbons (Fsp3) is 0.0833. The van der Waals surface area contributed by atoms with Crippen LogP contribution in [-0.2, 0) is 11.2 Å². The second kappa shape index (κ2) is 10.8. The normalized spacial score (nSPS) is 11.0. The van der Waals surface area contributed by atoms with Gasteiger partial charge < -0.3 is 10.1 Å². The molecule has 0 saturated carbocycles. The van der Waals surface area contributed by atoms with E-state index in [1.165, 1.54) is 0 Å². The molecule has 1 N–H and O–H groups in total. The van der Waals surface area contributed by atoms with Gasteiger partial charge in [0.15, 0.2) is 0 Å². The van der Waals surface area contributed by atoms with E-state index in [2.05, 4.69) is 49.9 Å². The summed E-state index contributed by atoms with van der Waals surface area (Å²) in [7, 11) is 1.61. The van der Waals surface area contributed by atoms with Gasteiger partial charge in [-0.15, -0.1) is 0 Å². The smallest absolute Gasteiger partial charge is 0.266 e. The van der Waals surface area contributed by atoms with E-state index >= 15 is 0 Å². The lowest BCUT2D eigenvalue weighted by atomic mass is 10.0. The standard InChI is InChI=1S/C24H17BrClIN2O2/c1-31-23-12-15(11-22(27)20(23)13-16-4-2-3-5-21(16)25)10-17(14-28)24(30)29-19-8-6-18(26)7-9-19/h2-12H,13H2,1H3,(H,29,30)/b17-10+. The van der Waals surface area contributed by atoms with E-state index in [1.807, 2.05) is 36.4 Å². The summed E-state index contributed by atoms with van der Waals surface area (Å²) >= 11 is 11.7. The molecule has 0 saturated heterocycles. The number of methoxy groups -OCH3 is 1. The lowest BCUT2D eigenvalue weighted by Crippen LogP contribution is -2.13. The number of rotatable bonds is 6. The minimum atomic E-state index is -0.490. The number of carbonyl (C=O) groups excluding carboxylic acids is 1. The average molecular weight is 608 g/mol. The van der Waals surface area contributed by atoms with Crippen molar-refractivity contribution in [2.75, 3.05) is 12.4 Å². The van der Waals surface area contributed by atoms with Gasteiger partial charge in [-0.05, 0) is 82.3 Å². The molecule has 31 heavy (non-hydrogen) atoms. The highest BCUT2D eigenvalue weighted by Crippen LogP contribution is 2.31. The van der Waals surface area contributed by atoms with Crippen molar-refractivity contribution in [1.82, 2.24) is 0 Å². The minimum Gasteiger partial charge on any atom is -0.496 e. The molecule has 156 valence electrons. The van der Waals surface area contributed by atoms with Gasteiger partial charge in [0, 0.05) is 30.7 Å². The molecule has 3 aromatic carbocycles. The van der Waals surface area contributed by atoms with E-state index in [0.29, 0.717) is 28.4 Å². The van der Waals surface area contributed by atoms with Crippen LogP contribution in [0.5, 0.6) is 5.75 Å². The Kier molecular flexibility index (Phi) is 8.13. The molecule has 0 aliphatic rings. The largest absolute Gasteiger partial charge is 0.496 e. The molecule has 1 amide bonds. The maximum atomic E-state index is 12.5. The average Bonchev–Trinajstić information content (AvgIpc) is 2.76. The number of benzene rings is 3. The van der Waals surface area contributed by atoms with Crippen molar-refractivity contribution >= 4 is 67.8 Å². The van der Waals surface area contributed by atoms with E-state index < -0.39 is 5.91 Å². The van der Waals surface area contributed by atoms with Gasteiger partial charge in [-0.1, -0.05) is 45.7 Å². The third-order valence-corrected chi connectivity index (χ3v) is 6.49. The summed E-state index contributed by atoms with van der Waals surface area (Å²) in [6.45, 7) is 0. The quantitative estimate of drug-likeness (QED) is 0.189. The third-order valence-electron chi connectivity index (χ3n) is 4.50. The molecular weight excluding hydrogens is 591 g/mol.